The highest BCUT2D eigenvalue weighted by molar-refractivity contribution is 5.65. The second-order valence-electron chi connectivity index (χ2n) is 2.85. The van der Waals surface area contributed by atoms with Gasteiger partial charge in [0.05, 0.1) is 12.7 Å². The SMILES string of the molecule is CCOC(=O)NOC1CCCC1. The fraction of sp³-hybridized carbons (Fsp3) is 0.875. The highest BCUT2D eigenvalue weighted by Crippen LogP contribution is 2.19. The number of nitrogens with one attached hydrogen (secondary N) is 1. The van der Waals surface area contributed by atoms with E-state index in [4.69, 9.17) is 4.84 Å². The summed E-state index contributed by atoms with van der Waals surface area (Å²) in [5, 5.41) is 0. The Hall–Kier alpha value is -0.770. The van der Waals surface area contributed by atoms with E-state index in [1.54, 1.807) is 6.92 Å². The highest BCUT2D eigenvalue weighted by atomic mass is 16.7. The van der Waals surface area contributed by atoms with Crippen LogP contribution in [-0.4, -0.2) is 18.8 Å². The van der Waals surface area contributed by atoms with E-state index in [1.165, 1.54) is 12.8 Å². The molecule has 0 radical (unpaired) electrons. The van der Waals surface area contributed by atoms with Crippen molar-refractivity contribution >= 4 is 6.09 Å². The topological polar surface area (TPSA) is 47.6 Å². The van der Waals surface area contributed by atoms with E-state index in [0.717, 1.165) is 12.8 Å². The van der Waals surface area contributed by atoms with Gasteiger partial charge in [0.2, 0.25) is 0 Å². The van der Waals surface area contributed by atoms with Gasteiger partial charge in [-0.15, -0.1) is 0 Å². The van der Waals surface area contributed by atoms with Gasteiger partial charge in [-0.2, -0.15) is 5.48 Å². The molecule has 1 amide bonds. The van der Waals surface area contributed by atoms with Crippen molar-refractivity contribution in [1.82, 2.24) is 5.48 Å². The summed E-state index contributed by atoms with van der Waals surface area (Å²) in [4.78, 5) is 15.8. The Kier molecular flexibility index (Phi) is 3.87. The molecule has 1 aliphatic rings. The number of hydrogen-bond donors (Lipinski definition) is 1. The molecule has 1 rings (SSSR count). The summed E-state index contributed by atoms with van der Waals surface area (Å²) in [7, 11) is 0. The predicted molar refractivity (Wildman–Crippen MR) is 43.5 cm³/mol. The van der Waals surface area contributed by atoms with Crippen LogP contribution in [0.1, 0.15) is 32.6 Å². The predicted octanol–water partition coefficient (Wildman–Crippen LogP) is 1.61. The standard InChI is InChI=1S/C8H15NO3/c1-2-11-8(10)9-12-7-5-3-4-6-7/h7H,2-6H2,1H3,(H,9,10). The van der Waals surface area contributed by atoms with E-state index >= 15 is 0 Å². The van der Waals surface area contributed by atoms with Crippen molar-refractivity contribution in [3.05, 3.63) is 0 Å². The van der Waals surface area contributed by atoms with E-state index in [1.807, 2.05) is 0 Å². The van der Waals surface area contributed by atoms with Gasteiger partial charge in [0, 0.05) is 0 Å². The van der Waals surface area contributed by atoms with Crippen LogP contribution in [-0.2, 0) is 9.57 Å². The second-order valence-corrected chi connectivity index (χ2v) is 2.85. The average Bonchev–Trinajstić information content (AvgIpc) is 2.53. The summed E-state index contributed by atoms with van der Waals surface area (Å²) in [6.07, 6.45) is 4.14. The summed E-state index contributed by atoms with van der Waals surface area (Å²) in [6, 6.07) is 0. The first-order valence-electron chi connectivity index (χ1n) is 4.41. The van der Waals surface area contributed by atoms with Crippen LogP contribution in [0, 0.1) is 0 Å². The van der Waals surface area contributed by atoms with Gasteiger partial charge in [-0.3, -0.25) is 4.84 Å². The van der Waals surface area contributed by atoms with Crippen LogP contribution in [0.25, 0.3) is 0 Å². The molecular weight excluding hydrogens is 158 g/mol. The normalized spacial score (nSPS) is 17.8. The molecule has 0 aromatic rings. The van der Waals surface area contributed by atoms with Crippen LogP contribution >= 0.6 is 0 Å². The van der Waals surface area contributed by atoms with Crippen LogP contribution in [0.15, 0.2) is 0 Å². The molecule has 70 valence electrons. The van der Waals surface area contributed by atoms with Crippen molar-refractivity contribution in [2.45, 2.75) is 38.7 Å². The fourth-order valence-corrected chi connectivity index (χ4v) is 1.30. The van der Waals surface area contributed by atoms with Gasteiger partial charge in [0.1, 0.15) is 0 Å². The minimum absolute atomic E-state index is 0.189. The van der Waals surface area contributed by atoms with Gasteiger partial charge in [-0.1, -0.05) is 12.8 Å². The van der Waals surface area contributed by atoms with Crippen molar-refractivity contribution < 1.29 is 14.4 Å². The van der Waals surface area contributed by atoms with Crippen LogP contribution in [0.5, 0.6) is 0 Å². The number of hydrogen-bond acceptors (Lipinski definition) is 3. The second kappa shape index (κ2) is 4.98. The largest absolute Gasteiger partial charge is 0.448 e. The van der Waals surface area contributed by atoms with E-state index in [0.29, 0.717) is 6.61 Å². The van der Waals surface area contributed by atoms with E-state index in [9.17, 15) is 4.79 Å². The lowest BCUT2D eigenvalue weighted by molar-refractivity contribution is -0.0190. The highest BCUT2D eigenvalue weighted by Gasteiger charge is 2.16. The van der Waals surface area contributed by atoms with E-state index in [-0.39, 0.29) is 6.10 Å². The molecule has 1 aliphatic carbocycles. The summed E-state index contributed by atoms with van der Waals surface area (Å²) >= 11 is 0. The number of hydroxylamine groups is 1. The zero-order valence-corrected chi connectivity index (χ0v) is 7.34. The van der Waals surface area contributed by atoms with Crippen molar-refractivity contribution in [2.75, 3.05) is 6.61 Å². The first kappa shape index (κ1) is 9.32. The average molecular weight is 173 g/mol. The smallest absolute Gasteiger partial charge is 0.431 e. The molecule has 0 unspecified atom stereocenters. The minimum Gasteiger partial charge on any atom is -0.448 e. The van der Waals surface area contributed by atoms with Gasteiger partial charge < -0.3 is 4.74 Å². The zero-order valence-electron chi connectivity index (χ0n) is 7.34. The molecule has 1 fully saturated rings. The van der Waals surface area contributed by atoms with Gasteiger partial charge in [-0.05, 0) is 19.8 Å². The number of carbonyl (C=O) groups is 1. The molecule has 12 heavy (non-hydrogen) atoms. The van der Waals surface area contributed by atoms with Crippen molar-refractivity contribution in [2.24, 2.45) is 0 Å². The number of rotatable bonds is 3. The van der Waals surface area contributed by atoms with Gasteiger partial charge >= 0.3 is 6.09 Å². The summed E-state index contributed by atoms with van der Waals surface area (Å²) < 4.78 is 4.63. The van der Waals surface area contributed by atoms with Crippen molar-refractivity contribution in [1.29, 1.82) is 0 Å². The molecule has 0 saturated heterocycles. The first-order valence-corrected chi connectivity index (χ1v) is 4.41. The molecule has 0 aliphatic heterocycles. The molecule has 0 atom stereocenters. The van der Waals surface area contributed by atoms with Crippen molar-refractivity contribution in [3.63, 3.8) is 0 Å². The van der Waals surface area contributed by atoms with Gasteiger partial charge in [0.25, 0.3) is 0 Å². The molecule has 4 nitrogen and oxygen atoms in total. The van der Waals surface area contributed by atoms with E-state index < -0.39 is 6.09 Å². The van der Waals surface area contributed by atoms with Crippen LogP contribution in [0.4, 0.5) is 4.79 Å². The number of amides is 1. The molecule has 1 saturated carbocycles. The Morgan fingerprint density at radius 2 is 2.17 bits per heavy atom. The molecule has 1 N–H and O–H groups in total. The maximum Gasteiger partial charge on any atom is 0.431 e. The van der Waals surface area contributed by atoms with E-state index in [2.05, 4.69) is 10.2 Å². The first-order chi connectivity index (χ1) is 5.83. The fourth-order valence-electron chi connectivity index (χ4n) is 1.30. The third kappa shape index (κ3) is 3.09. The molecule has 0 aromatic heterocycles. The Bertz CT molecular complexity index is 143. The number of carbonyl (C=O) groups excluding carboxylic acids is 1. The molecule has 4 heteroatoms. The molecule has 0 heterocycles. The lowest BCUT2D eigenvalue weighted by Crippen LogP contribution is -2.28. The molecule has 0 aromatic carbocycles. The van der Waals surface area contributed by atoms with Crippen LogP contribution in [0.2, 0.25) is 0 Å². The summed E-state index contributed by atoms with van der Waals surface area (Å²) in [6.45, 7) is 2.13. The summed E-state index contributed by atoms with van der Waals surface area (Å²) in [5.74, 6) is 0. The maximum atomic E-state index is 10.7. The monoisotopic (exact) mass is 173 g/mol. The Balaban J connectivity index is 2.03. The molecular formula is C8H15NO3. The van der Waals surface area contributed by atoms with Crippen LogP contribution < -0.4 is 5.48 Å². The third-order valence-electron chi connectivity index (χ3n) is 1.89. The summed E-state index contributed by atoms with van der Waals surface area (Å²) in [5.41, 5.74) is 2.26. The maximum absolute atomic E-state index is 10.7. The lowest BCUT2D eigenvalue weighted by atomic mass is 10.3. The van der Waals surface area contributed by atoms with Crippen LogP contribution in [0.3, 0.4) is 0 Å². The lowest BCUT2D eigenvalue weighted by Gasteiger charge is -2.10. The minimum atomic E-state index is -0.496. The Morgan fingerprint density at radius 3 is 2.75 bits per heavy atom. The molecule has 0 spiro atoms. The Labute approximate surface area is 72.2 Å². The zero-order chi connectivity index (χ0) is 8.81. The molecule has 0 bridgehead atoms. The third-order valence-corrected chi connectivity index (χ3v) is 1.89. The number of ether oxygens (including phenoxy) is 1. The van der Waals surface area contributed by atoms with Gasteiger partial charge in [0.15, 0.2) is 0 Å². The Morgan fingerprint density at radius 1 is 1.50 bits per heavy atom. The van der Waals surface area contributed by atoms with Crippen molar-refractivity contribution in [3.8, 4) is 0 Å². The van der Waals surface area contributed by atoms with Gasteiger partial charge in [-0.25, -0.2) is 4.79 Å². The quantitative estimate of drug-likeness (QED) is 0.659.